The molecule has 2 heterocycles. The highest BCUT2D eigenvalue weighted by molar-refractivity contribution is 7.71. The molecule has 0 unspecified atom stereocenters. The lowest BCUT2D eigenvalue weighted by molar-refractivity contribution is 0.901. The first-order valence-electron chi connectivity index (χ1n) is 6.05. The third-order valence-electron chi connectivity index (χ3n) is 3.02. The van der Waals surface area contributed by atoms with Gasteiger partial charge in [-0.1, -0.05) is 42.9 Å². The second-order valence-corrected chi connectivity index (χ2v) is 5.16. The van der Waals surface area contributed by atoms with E-state index in [-0.39, 0.29) is 0 Å². The Balaban J connectivity index is 2.18. The third-order valence-corrected chi connectivity index (χ3v) is 3.57. The van der Waals surface area contributed by atoms with Crippen molar-refractivity contribution < 1.29 is 0 Å². The van der Waals surface area contributed by atoms with E-state index in [0.29, 0.717) is 0 Å². The van der Waals surface area contributed by atoms with Crippen molar-refractivity contribution in [2.75, 3.05) is 0 Å². The Morgan fingerprint density at radius 3 is 2.68 bits per heavy atom. The number of fused-ring (bicyclic) bond motifs is 1. The number of H-pyrrole nitrogens is 1. The Labute approximate surface area is 120 Å². The molecule has 0 radical (unpaired) electrons. The van der Waals surface area contributed by atoms with Gasteiger partial charge in [0, 0.05) is 16.8 Å². The molecule has 2 aromatic heterocycles. The Bertz CT molecular complexity index is 787. The zero-order chi connectivity index (χ0) is 13.4. The van der Waals surface area contributed by atoms with Gasteiger partial charge in [0.15, 0.2) is 5.65 Å². The lowest BCUT2D eigenvalue weighted by Crippen LogP contribution is -1.95. The number of nitrogens with zero attached hydrogens (tertiary/aromatic N) is 2. The summed E-state index contributed by atoms with van der Waals surface area (Å²) in [6.45, 7) is 2.07. The molecule has 1 aromatic carbocycles. The molecular weight excluding hydrogens is 278 g/mol. The predicted molar refractivity (Wildman–Crippen MR) is 80.2 cm³/mol. The maximum Gasteiger partial charge on any atom is 0.155 e. The third kappa shape index (κ3) is 2.29. The van der Waals surface area contributed by atoms with Gasteiger partial charge in [0.25, 0.3) is 0 Å². The molecule has 5 heteroatoms. The number of aromatic nitrogens is 3. The van der Waals surface area contributed by atoms with Gasteiger partial charge in [-0.25, -0.2) is 9.50 Å². The van der Waals surface area contributed by atoms with Gasteiger partial charge in [-0.15, -0.1) is 0 Å². The SMILES string of the molecule is CCc1cc(=S)n2[nH]c(-c3ccc(Cl)cc3)cc2n1. The lowest BCUT2D eigenvalue weighted by Gasteiger charge is -1.98. The summed E-state index contributed by atoms with van der Waals surface area (Å²) in [6, 6.07) is 11.6. The van der Waals surface area contributed by atoms with Gasteiger partial charge in [-0.05, 0) is 30.2 Å². The first kappa shape index (κ1) is 12.4. The normalized spacial score (nSPS) is 11.1. The van der Waals surface area contributed by atoms with Gasteiger partial charge < -0.3 is 0 Å². The number of halogens is 1. The van der Waals surface area contributed by atoms with E-state index >= 15 is 0 Å². The molecule has 0 saturated heterocycles. The van der Waals surface area contributed by atoms with Crippen LogP contribution in [0.3, 0.4) is 0 Å². The van der Waals surface area contributed by atoms with Crippen molar-refractivity contribution in [1.29, 1.82) is 0 Å². The second-order valence-electron chi connectivity index (χ2n) is 4.31. The van der Waals surface area contributed by atoms with E-state index in [0.717, 1.165) is 38.7 Å². The minimum absolute atomic E-state index is 0.725. The summed E-state index contributed by atoms with van der Waals surface area (Å²) in [7, 11) is 0. The van der Waals surface area contributed by atoms with Crippen LogP contribution >= 0.6 is 23.8 Å². The molecule has 3 aromatic rings. The first-order chi connectivity index (χ1) is 9.17. The summed E-state index contributed by atoms with van der Waals surface area (Å²) in [5, 5.41) is 3.98. The number of hydrogen-bond acceptors (Lipinski definition) is 2. The second kappa shape index (κ2) is 4.79. The summed E-state index contributed by atoms with van der Waals surface area (Å²) >= 11 is 11.3. The summed E-state index contributed by atoms with van der Waals surface area (Å²) < 4.78 is 2.56. The summed E-state index contributed by atoms with van der Waals surface area (Å²) in [4.78, 5) is 4.56. The Morgan fingerprint density at radius 2 is 2.00 bits per heavy atom. The highest BCUT2D eigenvalue weighted by Gasteiger charge is 2.05. The first-order valence-corrected chi connectivity index (χ1v) is 6.83. The van der Waals surface area contributed by atoms with Crippen LogP contribution in [0.4, 0.5) is 0 Å². The molecule has 0 aliphatic heterocycles. The fourth-order valence-corrected chi connectivity index (χ4v) is 2.40. The molecule has 19 heavy (non-hydrogen) atoms. The Hall–Kier alpha value is -1.65. The molecule has 0 atom stereocenters. The largest absolute Gasteiger partial charge is 0.291 e. The number of nitrogens with one attached hydrogen (secondary N) is 1. The van der Waals surface area contributed by atoms with Gasteiger partial charge in [0.2, 0.25) is 0 Å². The van der Waals surface area contributed by atoms with E-state index in [9.17, 15) is 0 Å². The van der Waals surface area contributed by atoms with Crippen LogP contribution in [0.1, 0.15) is 12.6 Å². The number of benzene rings is 1. The van der Waals surface area contributed by atoms with Gasteiger partial charge in [0.05, 0.1) is 5.69 Å². The molecule has 3 nitrogen and oxygen atoms in total. The highest BCUT2D eigenvalue weighted by Crippen LogP contribution is 2.21. The molecule has 0 saturated carbocycles. The van der Waals surface area contributed by atoms with Crippen molar-refractivity contribution in [2.45, 2.75) is 13.3 Å². The monoisotopic (exact) mass is 289 g/mol. The fraction of sp³-hybridized carbons (Fsp3) is 0.143. The molecule has 0 amide bonds. The van der Waals surface area contributed by atoms with Crippen LogP contribution in [-0.2, 0) is 6.42 Å². The van der Waals surface area contributed by atoms with E-state index in [1.807, 2.05) is 40.9 Å². The fourth-order valence-electron chi connectivity index (χ4n) is 2.00. The van der Waals surface area contributed by atoms with Crippen LogP contribution < -0.4 is 0 Å². The molecule has 0 aliphatic carbocycles. The summed E-state index contributed by atoms with van der Waals surface area (Å²) in [5.74, 6) is 0. The molecule has 0 spiro atoms. The van der Waals surface area contributed by atoms with Crippen LogP contribution in [-0.4, -0.2) is 14.6 Å². The molecule has 0 aliphatic rings. The van der Waals surface area contributed by atoms with E-state index in [1.165, 1.54) is 0 Å². The number of hydrogen-bond donors (Lipinski definition) is 1. The van der Waals surface area contributed by atoms with Crippen LogP contribution in [0.15, 0.2) is 36.4 Å². The van der Waals surface area contributed by atoms with Gasteiger partial charge in [0.1, 0.15) is 4.64 Å². The maximum absolute atomic E-state index is 5.90. The van der Waals surface area contributed by atoms with E-state index in [4.69, 9.17) is 23.8 Å². The molecule has 3 rings (SSSR count). The average Bonchev–Trinajstić information content (AvgIpc) is 2.84. The zero-order valence-electron chi connectivity index (χ0n) is 10.4. The minimum atomic E-state index is 0.725. The van der Waals surface area contributed by atoms with Gasteiger partial charge in [-0.3, -0.25) is 5.10 Å². The van der Waals surface area contributed by atoms with Crippen LogP contribution in [0, 0.1) is 4.64 Å². The molecule has 0 bridgehead atoms. The number of rotatable bonds is 2. The lowest BCUT2D eigenvalue weighted by atomic mass is 10.2. The Morgan fingerprint density at radius 1 is 1.26 bits per heavy atom. The number of aryl methyl sites for hydroxylation is 1. The van der Waals surface area contributed by atoms with Crippen molar-refractivity contribution in [3.8, 4) is 11.3 Å². The molecule has 1 N–H and O–H groups in total. The quantitative estimate of drug-likeness (QED) is 0.715. The van der Waals surface area contributed by atoms with E-state index in [2.05, 4.69) is 17.0 Å². The maximum atomic E-state index is 5.90. The zero-order valence-corrected chi connectivity index (χ0v) is 11.9. The van der Waals surface area contributed by atoms with Crippen molar-refractivity contribution in [1.82, 2.24) is 14.6 Å². The van der Waals surface area contributed by atoms with Crippen molar-refractivity contribution in [2.24, 2.45) is 0 Å². The molecular formula is C14H12ClN3S. The predicted octanol–water partition coefficient (Wildman–Crippen LogP) is 4.27. The highest BCUT2D eigenvalue weighted by atomic mass is 35.5. The van der Waals surface area contributed by atoms with Crippen molar-refractivity contribution in [3.05, 3.63) is 51.8 Å². The van der Waals surface area contributed by atoms with Crippen LogP contribution in [0.5, 0.6) is 0 Å². The Kier molecular flexibility index (Phi) is 3.12. The summed E-state index contributed by atoms with van der Waals surface area (Å²) in [6.07, 6.45) is 0.877. The van der Waals surface area contributed by atoms with Crippen LogP contribution in [0.25, 0.3) is 16.9 Å². The van der Waals surface area contributed by atoms with Crippen molar-refractivity contribution >= 4 is 29.5 Å². The van der Waals surface area contributed by atoms with E-state index < -0.39 is 0 Å². The topological polar surface area (TPSA) is 33.1 Å². The van der Waals surface area contributed by atoms with Gasteiger partial charge in [-0.2, -0.15) is 0 Å². The van der Waals surface area contributed by atoms with E-state index in [1.54, 1.807) is 0 Å². The minimum Gasteiger partial charge on any atom is -0.291 e. The average molecular weight is 290 g/mol. The number of aromatic amines is 1. The summed E-state index contributed by atoms with van der Waals surface area (Å²) in [5.41, 5.74) is 3.88. The standard InChI is InChI=1S/C14H12ClN3S/c1-2-11-7-14(19)18-13(16-11)8-12(17-18)9-3-5-10(15)6-4-9/h3-8,17H,2H2,1H3. The molecule has 96 valence electrons. The van der Waals surface area contributed by atoms with Gasteiger partial charge >= 0.3 is 0 Å². The molecule has 0 fully saturated rings. The smallest absolute Gasteiger partial charge is 0.155 e. The van der Waals surface area contributed by atoms with Crippen LogP contribution in [0.2, 0.25) is 5.02 Å². The van der Waals surface area contributed by atoms with Crippen molar-refractivity contribution in [3.63, 3.8) is 0 Å².